The predicted molar refractivity (Wildman–Crippen MR) is 136 cm³/mol. The lowest BCUT2D eigenvalue weighted by atomic mass is 9.69. The standard InChI is InChI=1S/C29H34FN3O3/c1-35-25-7-2-19-16-31(11-10-29-9-8-24(34)15-26(29)36-28(25)27(19)29)12-13-32-17-23-14-22(32)18-33(23)21-5-3-20(30)4-6-21/h2-9,22-24,26,34H,10-18H2,1H3/t22?,23?,24-,26-,29-/m0/s1. The molecule has 0 amide bonds. The molecule has 2 unspecified atom stereocenters. The number of hydrogen-bond donors (Lipinski definition) is 1. The molecule has 7 rings (SSSR count). The number of aliphatic hydroxyl groups is 1. The van der Waals surface area contributed by atoms with Crippen molar-refractivity contribution >= 4 is 5.69 Å². The first-order valence-electron chi connectivity index (χ1n) is 13.3. The summed E-state index contributed by atoms with van der Waals surface area (Å²) in [6.07, 6.45) is 6.47. The highest BCUT2D eigenvalue weighted by Crippen LogP contribution is 2.55. The molecule has 36 heavy (non-hydrogen) atoms. The van der Waals surface area contributed by atoms with Gasteiger partial charge in [0.25, 0.3) is 0 Å². The maximum atomic E-state index is 13.4. The van der Waals surface area contributed by atoms with Crippen LogP contribution in [0, 0.1) is 5.82 Å². The molecule has 0 saturated carbocycles. The number of hydrogen-bond acceptors (Lipinski definition) is 6. The van der Waals surface area contributed by atoms with Gasteiger partial charge in [-0.1, -0.05) is 18.2 Å². The van der Waals surface area contributed by atoms with Crippen molar-refractivity contribution in [2.45, 2.75) is 55.5 Å². The SMILES string of the molecule is COc1ccc2c3c1O[C@H]1C[C@@H](O)C=C[C@@]31CCN(CCN1CC3CC1CN3c1ccc(F)cc1)C2. The smallest absolute Gasteiger partial charge is 0.166 e. The molecule has 2 aromatic carbocycles. The lowest BCUT2D eigenvalue weighted by Crippen LogP contribution is -2.48. The van der Waals surface area contributed by atoms with Gasteiger partial charge in [0.2, 0.25) is 0 Å². The summed E-state index contributed by atoms with van der Waals surface area (Å²) in [7, 11) is 1.70. The number of anilines is 1. The maximum Gasteiger partial charge on any atom is 0.166 e. The lowest BCUT2D eigenvalue weighted by Gasteiger charge is -2.37. The number of halogens is 1. The van der Waals surface area contributed by atoms with Gasteiger partial charge < -0.3 is 19.5 Å². The minimum absolute atomic E-state index is 0.0470. The second-order valence-electron chi connectivity index (χ2n) is 11.1. The van der Waals surface area contributed by atoms with Gasteiger partial charge in [0.05, 0.1) is 18.6 Å². The summed E-state index contributed by atoms with van der Waals surface area (Å²) in [5.74, 6) is 1.49. The normalized spacial score (nSPS) is 32.8. The summed E-state index contributed by atoms with van der Waals surface area (Å²) < 4.78 is 25.5. The van der Waals surface area contributed by atoms with Crippen LogP contribution in [0.4, 0.5) is 10.1 Å². The molecule has 2 aromatic rings. The summed E-state index contributed by atoms with van der Waals surface area (Å²) >= 11 is 0. The molecule has 1 aliphatic carbocycles. The molecule has 190 valence electrons. The molecule has 1 spiro atoms. The quantitative estimate of drug-likeness (QED) is 0.648. The fourth-order valence-corrected chi connectivity index (χ4v) is 7.43. The predicted octanol–water partition coefficient (Wildman–Crippen LogP) is 3.32. The Balaban J connectivity index is 1.06. The molecule has 5 aliphatic rings. The largest absolute Gasteiger partial charge is 0.493 e. The highest BCUT2D eigenvalue weighted by molar-refractivity contribution is 5.61. The fraction of sp³-hybridized carbons (Fsp3) is 0.517. The lowest BCUT2D eigenvalue weighted by molar-refractivity contribution is 0.0801. The van der Waals surface area contributed by atoms with Crippen LogP contribution in [0.1, 0.15) is 30.4 Å². The van der Waals surface area contributed by atoms with Crippen LogP contribution in [0.25, 0.3) is 0 Å². The van der Waals surface area contributed by atoms with Gasteiger partial charge in [0.1, 0.15) is 11.9 Å². The van der Waals surface area contributed by atoms with Crippen molar-refractivity contribution in [3.05, 3.63) is 65.5 Å². The molecule has 2 bridgehead atoms. The average Bonchev–Trinajstić information content (AvgIpc) is 3.54. The number of likely N-dealkylation sites (tertiary alicyclic amines) is 1. The maximum absolute atomic E-state index is 13.4. The van der Waals surface area contributed by atoms with E-state index >= 15 is 0 Å². The molecule has 4 aliphatic heterocycles. The van der Waals surface area contributed by atoms with Crippen molar-refractivity contribution in [1.82, 2.24) is 9.80 Å². The topological polar surface area (TPSA) is 48.4 Å². The van der Waals surface area contributed by atoms with E-state index in [1.54, 1.807) is 19.2 Å². The fourth-order valence-electron chi connectivity index (χ4n) is 7.43. The van der Waals surface area contributed by atoms with E-state index in [-0.39, 0.29) is 17.3 Å². The van der Waals surface area contributed by atoms with Crippen molar-refractivity contribution in [1.29, 1.82) is 0 Å². The Hall–Kier alpha value is -2.61. The van der Waals surface area contributed by atoms with Gasteiger partial charge in [0.15, 0.2) is 11.5 Å². The molecule has 1 N–H and O–H groups in total. The zero-order chi connectivity index (χ0) is 24.4. The second kappa shape index (κ2) is 8.47. The van der Waals surface area contributed by atoms with E-state index in [0.717, 1.165) is 62.9 Å². The van der Waals surface area contributed by atoms with E-state index in [1.165, 1.54) is 17.5 Å². The Morgan fingerprint density at radius 3 is 2.72 bits per heavy atom. The Labute approximate surface area is 211 Å². The summed E-state index contributed by atoms with van der Waals surface area (Å²) in [6, 6.07) is 12.3. The minimum atomic E-state index is -0.455. The molecular formula is C29H34FN3O3. The molecule has 0 aromatic heterocycles. The summed E-state index contributed by atoms with van der Waals surface area (Å²) in [5.41, 5.74) is 3.54. The van der Waals surface area contributed by atoms with E-state index in [2.05, 4.69) is 26.8 Å². The van der Waals surface area contributed by atoms with Crippen LogP contribution >= 0.6 is 0 Å². The van der Waals surface area contributed by atoms with Crippen LogP contribution in [0.15, 0.2) is 48.6 Å². The minimum Gasteiger partial charge on any atom is -0.493 e. The third-order valence-corrected chi connectivity index (χ3v) is 9.25. The zero-order valence-corrected chi connectivity index (χ0v) is 20.8. The highest BCUT2D eigenvalue weighted by Gasteiger charge is 2.53. The summed E-state index contributed by atoms with van der Waals surface area (Å²) in [6.45, 7) is 6.11. The van der Waals surface area contributed by atoms with Gasteiger partial charge in [-0.15, -0.1) is 0 Å². The molecule has 7 heteroatoms. The van der Waals surface area contributed by atoms with Crippen molar-refractivity contribution in [3.63, 3.8) is 0 Å². The number of aliphatic hydroxyl groups excluding tert-OH is 1. The van der Waals surface area contributed by atoms with Crippen molar-refractivity contribution in [2.24, 2.45) is 0 Å². The number of rotatable bonds is 5. The molecule has 4 heterocycles. The molecule has 0 radical (unpaired) electrons. The molecule has 6 nitrogen and oxygen atoms in total. The van der Waals surface area contributed by atoms with Gasteiger partial charge in [-0.25, -0.2) is 4.39 Å². The monoisotopic (exact) mass is 491 g/mol. The first kappa shape index (κ1) is 22.6. The number of methoxy groups -OCH3 is 1. The van der Waals surface area contributed by atoms with Crippen LogP contribution in [0.5, 0.6) is 11.5 Å². The van der Waals surface area contributed by atoms with Crippen LogP contribution in [0.2, 0.25) is 0 Å². The van der Waals surface area contributed by atoms with Crippen LogP contribution in [-0.2, 0) is 12.0 Å². The van der Waals surface area contributed by atoms with Crippen LogP contribution in [0.3, 0.4) is 0 Å². The zero-order valence-electron chi connectivity index (χ0n) is 20.8. The van der Waals surface area contributed by atoms with E-state index in [0.29, 0.717) is 18.5 Å². The molecular weight excluding hydrogens is 457 g/mol. The van der Waals surface area contributed by atoms with Crippen molar-refractivity contribution < 1.29 is 19.0 Å². The molecule has 2 saturated heterocycles. The number of piperazine rings is 1. The number of nitrogens with zero attached hydrogens (tertiary/aromatic N) is 3. The third kappa shape index (κ3) is 3.47. The highest BCUT2D eigenvalue weighted by atomic mass is 19.1. The Morgan fingerprint density at radius 2 is 1.94 bits per heavy atom. The number of fused-ring (bicyclic) bond motifs is 2. The summed E-state index contributed by atoms with van der Waals surface area (Å²) in [5, 5.41) is 10.3. The molecule has 5 atom stereocenters. The van der Waals surface area contributed by atoms with Gasteiger partial charge in [-0.3, -0.25) is 9.80 Å². The van der Waals surface area contributed by atoms with Crippen LogP contribution < -0.4 is 14.4 Å². The van der Waals surface area contributed by atoms with Gasteiger partial charge >= 0.3 is 0 Å². The first-order chi connectivity index (χ1) is 17.5. The average molecular weight is 492 g/mol. The van der Waals surface area contributed by atoms with Gasteiger partial charge in [-0.05, 0) is 55.3 Å². The van der Waals surface area contributed by atoms with Crippen LogP contribution in [-0.4, -0.2) is 79.0 Å². The van der Waals surface area contributed by atoms with Crippen molar-refractivity contribution in [3.8, 4) is 11.5 Å². The second-order valence-corrected chi connectivity index (χ2v) is 11.1. The van der Waals surface area contributed by atoms with E-state index in [9.17, 15) is 9.50 Å². The third-order valence-electron chi connectivity index (χ3n) is 9.25. The van der Waals surface area contributed by atoms with E-state index in [4.69, 9.17) is 9.47 Å². The molecule has 2 fully saturated rings. The summed E-state index contributed by atoms with van der Waals surface area (Å²) in [4.78, 5) is 7.70. The Morgan fingerprint density at radius 1 is 1.08 bits per heavy atom. The van der Waals surface area contributed by atoms with Gasteiger partial charge in [0, 0.05) is 62.5 Å². The number of ether oxygens (including phenoxy) is 2. The Kier molecular flexibility index (Phi) is 5.31. The Bertz CT molecular complexity index is 1190. The van der Waals surface area contributed by atoms with E-state index < -0.39 is 6.10 Å². The van der Waals surface area contributed by atoms with E-state index in [1.807, 2.05) is 24.3 Å². The van der Waals surface area contributed by atoms with Gasteiger partial charge in [-0.2, -0.15) is 0 Å². The number of benzene rings is 2. The first-order valence-corrected chi connectivity index (χ1v) is 13.3. The van der Waals surface area contributed by atoms with Crippen molar-refractivity contribution in [2.75, 3.05) is 44.7 Å².